The van der Waals surface area contributed by atoms with Gasteiger partial charge < -0.3 is 19.7 Å². The van der Waals surface area contributed by atoms with Gasteiger partial charge in [-0.05, 0) is 49.1 Å². The average molecular weight is 459 g/mol. The standard InChI is InChI=1S/C24H28F2N4O3/c1-3-6-30(7-4-2)22-13-17(12-21(29-22)24-27-5-8-33-24)23(32)28-20(15-31)11-16-9-18(25)14-19(26)10-16/h5,8-10,12-14,20,31H,3-4,6-7,11,15H2,1-2H3,(H,28,32). The molecule has 1 atom stereocenters. The van der Waals surface area contributed by atoms with Crippen molar-refractivity contribution in [1.29, 1.82) is 0 Å². The average Bonchev–Trinajstić information content (AvgIpc) is 3.32. The normalized spacial score (nSPS) is 11.9. The van der Waals surface area contributed by atoms with E-state index in [4.69, 9.17) is 4.42 Å². The fourth-order valence-corrected chi connectivity index (χ4v) is 3.59. The van der Waals surface area contributed by atoms with Crippen molar-refractivity contribution in [3.63, 3.8) is 0 Å². The monoisotopic (exact) mass is 458 g/mol. The lowest BCUT2D eigenvalue weighted by Crippen LogP contribution is -2.39. The number of hydrogen-bond donors (Lipinski definition) is 2. The Balaban J connectivity index is 1.88. The number of aliphatic hydroxyl groups is 1. The van der Waals surface area contributed by atoms with Gasteiger partial charge in [0.2, 0.25) is 5.89 Å². The van der Waals surface area contributed by atoms with Crippen LogP contribution in [0.15, 0.2) is 47.2 Å². The molecule has 0 bridgehead atoms. The second-order valence-electron chi connectivity index (χ2n) is 7.76. The van der Waals surface area contributed by atoms with Gasteiger partial charge in [-0.25, -0.2) is 18.7 Å². The van der Waals surface area contributed by atoms with E-state index in [2.05, 4.69) is 34.0 Å². The minimum atomic E-state index is -0.733. The molecule has 0 aliphatic rings. The molecule has 3 aromatic rings. The fraction of sp³-hybridized carbons (Fsp3) is 0.375. The molecule has 0 fully saturated rings. The fourth-order valence-electron chi connectivity index (χ4n) is 3.59. The Hall–Kier alpha value is -3.33. The van der Waals surface area contributed by atoms with Crippen LogP contribution < -0.4 is 10.2 Å². The summed E-state index contributed by atoms with van der Waals surface area (Å²) in [7, 11) is 0. The SMILES string of the molecule is CCCN(CCC)c1cc(C(=O)NC(CO)Cc2cc(F)cc(F)c2)cc(-c2ncco2)n1. The number of pyridine rings is 1. The molecular formula is C24H28F2N4O3. The largest absolute Gasteiger partial charge is 0.443 e. The number of rotatable bonds is 11. The van der Waals surface area contributed by atoms with Gasteiger partial charge in [-0.2, -0.15) is 0 Å². The Morgan fingerprint density at radius 3 is 2.39 bits per heavy atom. The molecule has 1 amide bonds. The molecule has 0 aliphatic carbocycles. The van der Waals surface area contributed by atoms with Gasteiger partial charge in [0.1, 0.15) is 29.4 Å². The molecule has 1 aromatic carbocycles. The van der Waals surface area contributed by atoms with Gasteiger partial charge in [0.05, 0.1) is 18.8 Å². The van der Waals surface area contributed by atoms with Crippen LogP contribution in [0.5, 0.6) is 0 Å². The second kappa shape index (κ2) is 11.5. The lowest BCUT2D eigenvalue weighted by Gasteiger charge is -2.24. The predicted molar refractivity (Wildman–Crippen MR) is 121 cm³/mol. The third kappa shape index (κ3) is 6.58. The Labute approximate surface area is 191 Å². The molecule has 176 valence electrons. The number of benzene rings is 1. The number of hydrogen-bond acceptors (Lipinski definition) is 6. The highest BCUT2D eigenvalue weighted by molar-refractivity contribution is 5.96. The number of oxazole rings is 1. The van der Waals surface area contributed by atoms with Gasteiger partial charge >= 0.3 is 0 Å². The molecule has 2 N–H and O–H groups in total. The van der Waals surface area contributed by atoms with Gasteiger partial charge in [-0.15, -0.1) is 0 Å². The van der Waals surface area contributed by atoms with Crippen molar-refractivity contribution in [2.45, 2.75) is 39.2 Å². The van der Waals surface area contributed by atoms with Crippen molar-refractivity contribution in [3.05, 3.63) is 65.6 Å². The van der Waals surface area contributed by atoms with Crippen LogP contribution in [0, 0.1) is 11.6 Å². The van der Waals surface area contributed by atoms with Crippen molar-refractivity contribution in [2.75, 3.05) is 24.6 Å². The van der Waals surface area contributed by atoms with Crippen LogP contribution in [0.2, 0.25) is 0 Å². The number of amides is 1. The highest BCUT2D eigenvalue weighted by atomic mass is 19.1. The quantitative estimate of drug-likeness (QED) is 0.452. The summed E-state index contributed by atoms with van der Waals surface area (Å²) in [5, 5.41) is 12.5. The molecule has 1 unspecified atom stereocenters. The van der Waals surface area contributed by atoms with E-state index in [0.29, 0.717) is 22.6 Å². The Bertz CT molecular complexity index is 1030. The molecule has 2 heterocycles. The van der Waals surface area contributed by atoms with E-state index in [1.165, 1.54) is 24.6 Å². The minimum Gasteiger partial charge on any atom is -0.443 e. The van der Waals surface area contributed by atoms with Crippen LogP contribution in [-0.4, -0.2) is 46.7 Å². The lowest BCUT2D eigenvalue weighted by atomic mass is 10.1. The molecule has 3 rings (SSSR count). The second-order valence-corrected chi connectivity index (χ2v) is 7.76. The third-order valence-electron chi connectivity index (χ3n) is 5.00. The number of halogens is 2. The zero-order valence-electron chi connectivity index (χ0n) is 18.7. The van der Waals surface area contributed by atoms with Gasteiger partial charge in [-0.3, -0.25) is 4.79 Å². The molecule has 0 aliphatic heterocycles. The van der Waals surface area contributed by atoms with Gasteiger partial charge in [-0.1, -0.05) is 13.8 Å². The number of aliphatic hydroxyl groups excluding tert-OH is 1. The molecular weight excluding hydrogens is 430 g/mol. The van der Waals surface area contributed by atoms with Crippen LogP contribution >= 0.6 is 0 Å². The smallest absolute Gasteiger partial charge is 0.251 e. The van der Waals surface area contributed by atoms with Crippen LogP contribution in [-0.2, 0) is 6.42 Å². The Morgan fingerprint density at radius 1 is 1.12 bits per heavy atom. The van der Waals surface area contributed by atoms with E-state index in [9.17, 15) is 18.7 Å². The molecule has 0 saturated heterocycles. The van der Waals surface area contributed by atoms with E-state index in [1.54, 1.807) is 12.1 Å². The van der Waals surface area contributed by atoms with Crippen molar-refractivity contribution in [3.8, 4) is 11.6 Å². The Morgan fingerprint density at radius 2 is 1.82 bits per heavy atom. The molecule has 7 nitrogen and oxygen atoms in total. The van der Waals surface area contributed by atoms with Crippen LogP contribution in [0.25, 0.3) is 11.6 Å². The van der Waals surface area contributed by atoms with Crippen LogP contribution in [0.1, 0.15) is 42.6 Å². The summed E-state index contributed by atoms with van der Waals surface area (Å²) >= 11 is 0. The first-order valence-electron chi connectivity index (χ1n) is 11.0. The Kier molecular flexibility index (Phi) is 8.48. The number of anilines is 1. The topological polar surface area (TPSA) is 91.5 Å². The summed E-state index contributed by atoms with van der Waals surface area (Å²) in [6.45, 7) is 5.26. The van der Waals surface area contributed by atoms with Crippen molar-refractivity contribution in [2.24, 2.45) is 0 Å². The number of carbonyl (C=O) groups is 1. The number of nitrogens with one attached hydrogen (secondary N) is 1. The van der Waals surface area contributed by atoms with Gasteiger partial charge in [0.25, 0.3) is 5.91 Å². The predicted octanol–water partition coefficient (Wildman–Crippen LogP) is 3.97. The maximum absolute atomic E-state index is 13.5. The lowest BCUT2D eigenvalue weighted by molar-refractivity contribution is 0.0916. The molecule has 9 heteroatoms. The minimum absolute atomic E-state index is 0.0687. The molecule has 2 aromatic heterocycles. The molecule has 0 spiro atoms. The number of aromatic nitrogens is 2. The van der Waals surface area contributed by atoms with E-state index >= 15 is 0 Å². The third-order valence-corrected chi connectivity index (χ3v) is 5.00. The van der Waals surface area contributed by atoms with Gasteiger partial charge in [0.15, 0.2) is 0 Å². The zero-order chi connectivity index (χ0) is 23.8. The van der Waals surface area contributed by atoms with E-state index in [0.717, 1.165) is 32.0 Å². The maximum Gasteiger partial charge on any atom is 0.251 e. The summed E-state index contributed by atoms with van der Waals surface area (Å²) in [5.74, 6) is -0.973. The summed E-state index contributed by atoms with van der Waals surface area (Å²) in [5.41, 5.74) is 1.06. The highest BCUT2D eigenvalue weighted by Crippen LogP contribution is 2.23. The first kappa shape index (κ1) is 24.3. The highest BCUT2D eigenvalue weighted by Gasteiger charge is 2.19. The number of nitrogens with zero attached hydrogens (tertiary/aromatic N) is 3. The van der Waals surface area contributed by atoms with Crippen molar-refractivity contribution >= 4 is 11.7 Å². The molecule has 0 radical (unpaired) electrons. The van der Waals surface area contributed by atoms with E-state index in [-0.39, 0.29) is 12.3 Å². The van der Waals surface area contributed by atoms with Crippen molar-refractivity contribution < 1.29 is 23.1 Å². The number of carbonyl (C=O) groups excluding carboxylic acids is 1. The van der Waals surface area contributed by atoms with Crippen LogP contribution in [0.4, 0.5) is 14.6 Å². The summed E-state index contributed by atoms with van der Waals surface area (Å²) < 4.78 is 32.4. The maximum atomic E-state index is 13.5. The van der Waals surface area contributed by atoms with E-state index < -0.39 is 30.2 Å². The molecule has 33 heavy (non-hydrogen) atoms. The van der Waals surface area contributed by atoms with Crippen molar-refractivity contribution in [1.82, 2.24) is 15.3 Å². The summed E-state index contributed by atoms with van der Waals surface area (Å²) in [6.07, 6.45) is 4.81. The first-order chi connectivity index (χ1) is 15.9. The summed E-state index contributed by atoms with van der Waals surface area (Å²) in [6, 6.07) is 5.65. The van der Waals surface area contributed by atoms with Crippen LogP contribution in [0.3, 0.4) is 0 Å². The first-order valence-corrected chi connectivity index (χ1v) is 11.0. The molecule has 0 saturated carbocycles. The van der Waals surface area contributed by atoms with Gasteiger partial charge in [0, 0.05) is 24.7 Å². The summed E-state index contributed by atoms with van der Waals surface area (Å²) in [4.78, 5) is 23.9. The van der Waals surface area contributed by atoms with E-state index in [1.807, 2.05) is 0 Å². The zero-order valence-corrected chi connectivity index (χ0v) is 18.7.